The van der Waals surface area contributed by atoms with E-state index in [9.17, 15) is 0 Å². The highest BCUT2D eigenvalue weighted by Crippen LogP contribution is 2.58. The summed E-state index contributed by atoms with van der Waals surface area (Å²) < 4.78 is 1.28. The third-order valence-corrected chi connectivity index (χ3v) is 7.03. The van der Waals surface area contributed by atoms with E-state index < -0.39 is 0 Å². The van der Waals surface area contributed by atoms with Crippen molar-refractivity contribution in [3.8, 4) is 0 Å². The number of rotatable bonds is 3. The Morgan fingerprint density at radius 2 is 2.38 bits per heavy atom. The van der Waals surface area contributed by atoms with E-state index in [1.54, 1.807) is 0 Å². The van der Waals surface area contributed by atoms with Gasteiger partial charge in [-0.3, -0.25) is 0 Å². The van der Waals surface area contributed by atoms with E-state index in [1.807, 2.05) is 11.3 Å². The fourth-order valence-electron chi connectivity index (χ4n) is 3.76. The van der Waals surface area contributed by atoms with E-state index in [1.165, 1.54) is 41.5 Å². The summed E-state index contributed by atoms with van der Waals surface area (Å²) in [7, 11) is 0. The number of hydrogen-bond donors (Lipinski definition) is 0. The molecule has 3 atom stereocenters. The highest BCUT2D eigenvalue weighted by Gasteiger charge is 2.50. The first-order chi connectivity index (χ1) is 7.73. The third-order valence-electron chi connectivity index (χ3n) is 4.57. The number of thiophene rings is 1. The van der Waals surface area contributed by atoms with Gasteiger partial charge in [-0.25, -0.2) is 0 Å². The van der Waals surface area contributed by atoms with Crippen LogP contribution in [0.4, 0.5) is 0 Å². The molecule has 2 aliphatic carbocycles. The first kappa shape index (κ1) is 11.6. The van der Waals surface area contributed by atoms with Gasteiger partial charge in [0.2, 0.25) is 0 Å². The Kier molecular flexibility index (Phi) is 3.10. The predicted molar refractivity (Wildman–Crippen MR) is 74.3 cm³/mol. The Labute approximate surface area is 115 Å². The van der Waals surface area contributed by atoms with Crippen molar-refractivity contribution in [3.63, 3.8) is 0 Å². The minimum atomic E-state index is 0.415. The maximum absolute atomic E-state index is 6.32. The van der Waals surface area contributed by atoms with Crippen LogP contribution in [0.3, 0.4) is 0 Å². The number of fused-ring (bicyclic) bond motifs is 2. The van der Waals surface area contributed by atoms with Crippen molar-refractivity contribution in [1.29, 1.82) is 0 Å². The van der Waals surface area contributed by atoms with Gasteiger partial charge in [0.25, 0.3) is 0 Å². The molecule has 0 amide bonds. The summed E-state index contributed by atoms with van der Waals surface area (Å²) in [4.78, 5) is 1.49. The molecular weight excluding hydrogens is 304 g/mol. The van der Waals surface area contributed by atoms with Gasteiger partial charge in [-0.05, 0) is 70.3 Å². The molecule has 0 aliphatic heterocycles. The molecule has 16 heavy (non-hydrogen) atoms. The van der Waals surface area contributed by atoms with Crippen molar-refractivity contribution in [3.05, 3.63) is 20.8 Å². The Bertz CT molecular complexity index is 389. The molecule has 2 saturated carbocycles. The highest BCUT2D eigenvalue weighted by molar-refractivity contribution is 9.10. The molecule has 0 radical (unpaired) electrons. The van der Waals surface area contributed by atoms with E-state index in [-0.39, 0.29) is 0 Å². The van der Waals surface area contributed by atoms with Crippen LogP contribution in [0.25, 0.3) is 0 Å². The number of halogens is 2. The fourth-order valence-corrected chi connectivity index (χ4v) is 5.83. The smallest absolute Gasteiger partial charge is 0.0314 e. The quantitative estimate of drug-likeness (QED) is 0.680. The lowest BCUT2D eigenvalue weighted by atomic mass is 9.72. The summed E-state index contributed by atoms with van der Waals surface area (Å²) in [5.41, 5.74) is 0.415. The molecule has 0 spiro atoms. The first-order valence-electron chi connectivity index (χ1n) is 6.01. The van der Waals surface area contributed by atoms with Crippen LogP contribution in [0.2, 0.25) is 0 Å². The molecule has 88 valence electrons. The van der Waals surface area contributed by atoms with Crippen LogP contribution in [0.5, 0.6) is 0 Å². The second-order valence-corrected chi connectivity index (χ2v) is 7.57. The van der Waals surface area contributed by atoms with Crippen LogP contribution in [-0.4, -0.2) is 5.88 Å². The SMILES string of the molecule is ClCC1(Cc2sccc2Br)CC2CCC1C2. The molecule has 0 N–H and O–H groups in total. The van der Waals surface area contributed by atoms with Crippen molar-refractivity contribution in [2.24, 2.45) is 17.3 Å². The summed E-state index contributed by atoms with van der Waals surface area (Å²) in [5.74, 6) is 2.71. The van der Waals surface area contributed by atoms with Crippen LogP contribution in [0, 0.1) is 17.3 Å². The lowest BCUT2D eigenvalue weighted by Crippen LogP contribution is -2.32. The van der Waals surface area contributed by atoms with Gasteiger partial charge in [0, 0.05) is 15.2 Å². The van der Waals surface area contributed by atoms with Gasteiger partial charge in [-0.1, -0.05) is 6.42 Å². The molecule has 0 aromatic carbocycles. The van der Waals surface area contributed by atoms with Crippen LogP contribution >= 0.6 is 38.9 Å². The lowest BCUT2D eigenvalue weighted by Gasteiger charge is -2.36. The molecule has 3 unspecified atom stereocenters. The van der Waals surface area contributed by atoms with Gasteiger partial charge in [0.05, 0.1) is 0 Å². The van der Waals surface area contributed by atoms with E-state index >= 15 is 0 Å². The predicted octanol–water partition coefficient (Wildman–Crippen LogP) is 5.10. The van der Waals surface area contributed by atoms with Gasteiger partial charge in [0.15, 0.2) is 0 Å². The number of alkyl halides is 1. The van der Waals surface area contributed by atoms with Gasteiger partial charge < -0.3 is 0 Å². The Balaban J connectivity index is 1.84. The first-order valence-corrected chi connectivity index (χ1v) is 8.22. The zero-order valence-corrected chi connectivity index (χ0v) is 12.4. The fraction of sp³-hybridized carbons (Fsp3) is 0.692. The minimum Gasteiger partial charge on any atom is -0.148 e. The van der Waals surface area contributed by atoms with Gasteiger partial charge in [0.1, 0.15) is 0 Å². The Hall–Kier alpha value is 0.470. The largest absolute Gasteiger partial charge is 0.148 e. The van der Waals surface area contributed by atoms with Crippen molar-refractivity contribution in [1.82, 2.24) is 0 Å². The molecule has 0 nitrogen and oxygen atoms in total. The van der Waals surface area contributed by atoms with Crippen LogP contribution in [-0.2, 0) is 6.42 Å². The van der Waals surface area contributed by atoms with E-state index in [0.29, 0.717) is 5.41 Å². The van der Waals surface area contributed by atoms with Crippen molar-refractivity contribution >= 4 is 38.9 Å². The molecule has 3 heteroatoms. The van der Waals surface area contributed by atoms with Crippen LogP contribution < -0.4 is 0 Å². The maximum atomic E-state index is 6.32. The molecule has 3 rings (SSSR count). The maximum Gasteiger partial charge on any atom is 0.0314 e. The third kappa shape index (κ3) is 1.77. The summed E-state index contributed by atoms with van der Waals surface area (Å²) in [6, 6.07) is 2.16. The molecule has 1 aromatic heterocycles. The van der Waals surface area contributed by atoms with Crippen LogP contribution in [0.15, 0.2) is 15.9 Å². The topological polar surface area (TPSA) is 0 Å². The van der Waals surface area contributed by atoms with E-state index in [4.69, 9.17) is 11.6 Å². The monoisotopic (exact) mass is 318 g/mol. The standard InChI is InChI=1S/C13H16BrClS/c14-11-3-4-16-12(11)7-13(8-15)6-9-1-2-10(13)5-9/h3-4,9-10H,1-2,5-8H2. The Morgan fingerprint density at radius 1 is 1.50 bits per heavy atom. The molecule has 0 saturated heterocycles. The van der Waals surface area contributed by atoms with E-state index in [2.05, 4.69) is 27.4 Å². The second kappa shape index (κ2) is 4.29. The zero-order chi connectivity index (χ0) is 11.2. The van der Waals surface area contributed by atoms with E-state index in [0.717, 1.165) is 17.7 Å². The molecular formula is C13H16BrClS. The second-order valence-electron chi connectivity index (χ2n) is 5.44. The lowest BCUT2D eigenvalue weighted by molar-refractivity contribution is 0.194. The highest BCUT2D eigenvalue weighted by atomic mass is 79.9. The molecule has 1 heterocycles. The minimum absolute atomic E-state index is 0.415. The summed E-state index contributed by atoms with van der Waals surface area (Å²) >= 11 is 11.8. The zero-order valence-electron chi connectivity index (χ0n) is 9.22. The van der Waals surface area contributed by atoms with Gasteiger partial charge in [-0.15, -0.1) is 22.9 Å². The van der Waals surface area contributed by atoms with Gasteiger partial charge in [-0.2, -0.15) is 0 Å². The van der Waals surface area contributed by atoms with Crippen molar-refractivity contribution in [2.75, 3.05) is 5.88 Å². The normalized spacial score (nSPS) is 37.1. The van der Waals surface area contributed by atoms with Crippen LogP contribution in [0.1, 0.15) is 30.6 Å². The average Bonchev–Trinajstić information content (AvgIpc) is 2.96. The summed E-state index contributed by atoms with van der Waals surface area (Å²) in [6.45, 7) is 0. The molecule has 1 aromatic rings. The molecule has 2 fully saturated rings. The summed E-state index contributed by atoms with van der Waals surface area (Å²) in [5, 5.41) is 2.18. The van der Waals surface area contributed by atoms with Gasteiger partial charge >= 0.3 is 0 Å². The summed E-state index contributed by atoms with van der Waals surface area (Å²) in [6.07, 6.45) is 6.87. The number of hydrogen-bond acceptors (Lipinski definition) is 1. The Morgan fingerprint density at radius 3 is 2.88 bits per heavy atom. The average molecular weight is 320 g/mol. The molecule has 2 bridgehead atoms. The van der Waals surface area contributed by atoms with Crippen molar-refractivity contribution < 1.29 is 0 Å². The van der Waals surface area contributed by atoms with Crippen molar-refractivity contribution in [2.45, 2.75) is 32.1 Å². The molecule has 2 aliphatic rings.